The van der Waals surface area contributed by atoms with Crippen LogP contribution in [0.25, 0.3) is 5.57 Å². The number of aromatic hydroxyl groups is 1. The maximum absolute atomic E-state index is 12.1. The molecule has 3 nitrogen and oxygen atoms in total. The number of phenolic OH excluding ortho intramolecular Hbond substituents is 1. The highest BCUT2D eigenvalue weighted by Gasteiger charge is 2.43. The fourth-order valence-corrected chi connectivity index (χ4v) is 4.21. The quantitative estimate of drug-likeness (QED) is 0.887. The molecule has 2 aliphatic carbocycles. The number of Topliss-reactive ketones (excluding diaryl/α,β-unsaturated/α-hetero) is 1. The summed E-state index contributed by atoms with van der Waals surface area (Å²) < 4.78 is 0. The Bertz CT molecular complexity index is 715. The normalized spacial score (nSPS) is 23.2. The van der Waals surface area contributed by atoms with Crippen molar-refractivity contribution in [3.05, 3.63) is 33.9 Å². The molecule has 0 heterocycles. The molecule has 0 radical (unpaired) electrons. The zero-order valence-electron chi connectivity index (χ0n) is 12.5. The number of carbonyl (C=O) groups is 1. The van der Waals surface area contributed by atoms with Crippen LogP contribution in [0.4, 0.5) is 0 Å². The maximum atomic E-state index is 12.1. The highest BCUT2D eigenvalue weighted by atomic mass is 35.5. The van der Waals surface area contributed by atoms with Crippen LogP contribution in [0, 0.1) is 17.2 Å². The maximum Gasteiger partial charge on any atom is 0.173 e. The van der Waals surface area contributed by atoms with Crippen LogP contribution < -0.4 is 0 Å². The minimum atomic E-state index is -0.0694. The molecule has 2 aliphatic rings. The van der Waals surface area contributed by atoms with Crippen LogP contribution in [-0.2, 0) is 4.79 Å². The van der Waals surface area contributed by atoms with Crippen LogP contribution in [0.5, 0.6) is 5.75 Å². The van der Waals surface area contributed by atoms with E-state index in [1.807, 2.05) is 0 Å². The number of hydrogen-bond acceptors (Lipinski definition) is 3. The molecule has 2 atom stereocenters. The Morgan fingerprint density at radius 1 is 1.45 bits per heavy atom. The van der Waals surface area contributed by atoms with Crippen LogP contribution in [-0.4, -0.2) is 10.9 Å². The fourth-order valence-electron chi connectivity index (χ4n) is 3.90. The molecule has 1 aromatic rings. The number of unbranched alkanes of at least 4 members (excludes halogenated alkanes) is 1. The van der Waals surface area contributed by atoms with Gasteiger partial charge in [-0.1, -0.05) is 37.4 Å². The van der Waals surface area contributed by atoms with Gasteiger partial charge in [-0.25, -0.2) is 0 Å². The summed E-state index contributed by atoms with van der Waals surface area (Å²) in [5, 5.41) is 19.7. The Morgan fingerprint density at radius 3 is 2.91 bits per heavy atom. The van der Waals surface area contributed by atoms with E-state index in [0.717, 1.165) is 42.4 Å². The summed E-state index contributed by atoms with van der Waals surface area (Å²) in [5.41, 5.74) is 2.96. The SMILES string of the molecule is CCCCC1c2c(ccc(O)c2Cl)C2=C(C#N)C(=O)CCC21. The molecule has 0 amide bonds. The Labute approximate surface area is 135 Å². The van der Waals surface area contributed by atoms with Gasteiger partial charge in [-0.3, -0.25) is 4.79 Å². The molecule has 0 aliphatic heterocycles. The molecule has 1 N–H and O–H groups in total. The number of ketones is 1. The van der Waals surface area contributed by atoms with E-state index in [-0.39, 0.29) is 23.4 Å². The highest BCUT2D eigenvalue weighted by molar-refractivity contribution is 6.33. The summed E-state index contributed by atoms with van der Waals surface area (Å²) >= 11 is 6.36. The van der Waals surface area contributed by atoms with E-state index in [1.54, 1.807) is 12.1 Å². The third-order valence-electron chi connectivity index (χ3n) is 4.89. The summed E-state index contributed by atoms with van der Waals surface area (Å²) in [6.07, 6.45) is 4.30. The number of rotatable bonds is 3. The van der Waals surface area contributed by atoms with Crippen molar-refractivity contribution in [2.24, 2.45) is 5.92 Å². The topological polar surface area (TPSA) is 61.1 Å². The molecule has 114 valence electrons. The first kappa shape index (κ1) is 15.1. The number of carbonyl (C=O) groups excluding carboxylic acids is 1. The number of nitrogens with zero attached hydrogens (tertiary/aromatic N) is 1. The van der Waals surface area contributed by atoms with Gasteiger partial charge < -0.3 is 5.11 Å². The molecule has 0 aromatic heterocycles. The molecule has 1 aromatic carbocycles. The average Bonchev–Trinajstić information content (AvgIpc) is 2.83. The average molecular weight is 316 g/mol. The number of allylic oxidation sites excluding steroid dienone is 2. The van der Waals surface area contributed by atoms with Crippen molar-refractivity contribution in [1.82, 2.24) is 0 Å². The molecule has 2 unspecified atom stereocenters. The van der Waals surface area contributed by atoms with Gasteiger partial charge in [-0.2, -0.15) is 5.26 Å². The lowest BCUT2D eigenvalue weighted by Gasteiger charge is -2.25. The van der Waals surface area contributed by atoms with Gasteiger partial charge in [0.2, 0.25) is 0 Å². The number of hydrogen-bond donors (Lipinski definition) is 1. The van der Waals surface area contributed by atoms with E-state index in [2.05, 4.69) is 13.0 Å². The second kappa shape index (κ2) is 5.78. The monoisotopic (exact) mass is 315 g/mol. The van der Waals surface area contributed by atoms with Gasteiger partial charge in [-0.15, -0.1) is 0 Å². The number of nitriles is 1. The van der Waals surface area contributed by atoms with Crippen molar-refractivity contribution in [3.8, 4) is 11.8 Å². The molecule has 22 heavy (non-hydrogen) atoms. The van der Waals surface area contributed by atoms with Crippen molar-refractivity contribution >= 4 is 23.0 Å². The van der Waals surface area contributed by atoms with Gasteiger partial charge in [0, 0.05) is 6.42 Å². The number of halogens is 1. The molecular formula is C18H18ClNO2. The lowest BCUT2D eigenvalue weighted by Crippen LogP contribution is -2.18. The van der Waals surface area contributed by atoms with E-state index >= 15 is 0 Å². The van der Waals surface area contributed by atoms with Gasteiger partial charge in [0.1, 0.15) is 11.8 Å². The van der Waals surface area contributed by atoms with Crippen molar-refractivity contribution in [3.63, 3.8) is 0 Å². The summed E-state index contributed by atoms with van der Waals surface area (Å²) in [6.45, 7) is 2.14. The molecule has 0 saturated carbocycles. The lowest BCUT2D eigenvalue weighted by atomic mass is 9.77. The fraction of sp³-hybridized carbons (Fsp3) is 0.444. The van der Waals surface area contributed by atoms with E-state index in [9.17, 15) is 15.2 Å². The standard InChI is InChI=1S/C18H18ClNO2/c1-2-3-4-10-11-5-7-14(21)13(9-20)16(11)12-6-8-15(22)18(19)17(10)12/h6,8,10-11,22H,2-5,7H2,1H3. The Morgan fingerprint density at radius 2 is 2.23 bits per heavy atom. The zero-order valence-corrected chi connectivity index (χ0v) is 13.3. The van der Waals surface area contributed by atoms with E-state index in [4.69, 9.17) is 11.6 Å². The van der Waals surface area contributed by atoms with Gasteiger partial charge in [0.05, 0.1) is 10.6 Å². The van der Waals surface area contributed by atoms with Crippen LogP contribution in [0.1, 0.15) is 56.1 Å². The predicted octanol–water partition coefficient (Wildman–Crippen LogP) is 4.59. The van der Waals surface area contributed by atoms with Crippen LogP contribution in [0.15, 0.2) is 17.7 Å². The summed E-state index contributed by atoms with van der Waals surface area (Å²) in [5.74, 6) is 0.375. The van der Waals surface area contributed by atoms with Gasteiger partial charge in [-0.05, 0) is 47.4 Å². The van der Waals surface area contributed by atoms with Crippen molar-refractivity contribution < 1.29 is 9.90 Å². The molecular weight excluding hydrogens is 298 g/mol. The Kier molecular flexibility index (Phi) is 3.97. The third kappa shape index (κ3) is 2.14. The molecule has 0 bridgehead atoms. The number of fused-ring (bicyclic) bond motifs is 3. The second-order valence-electron chi connectivity index (χ2n) is 6.08. The number of phenols is 1. The largest absolute Gasteiger partial charge is 0.506 e. The minimum Gasteiger partial charge on any atom is -0.506 e. The smallest absolute Gasteiger partial charge is 0.173 e. The molecule has 0 spiro atoms. The Balaban J connectivity index is 2.23. The third-order valence-corrected chi connectivity index (χ3v) is 5.29. The van der Waals surface area contributed by atoms with E-state index in [0.29, 0.717) is 17.0 Å². The summed E-state index contributed by atoms with van der Waals surface area (Å²) in [4.78, 5) is 12.1. The zero-order chi connectivity index (χ0) is 15.9. The lowest BCUT2D eigenvalue weighted by molar-refractivity contribution is -0.115. The van der Waals surface area contributed by atoms with E-state index < -0.39 is 0 Å². The summed E-state index contributed by atoms with van der Waals surface area (Å²) in [7, 11) is 0. The molecule has 0 saturated heterocycles. The number of benzene rings is 1. The first-order chi connectivity index (χ1) is 10.6. The second-order valence-corrected chi connectivity index (χ2v) is 6.46. The molecule has 4 heteroatoms. The van der Waals surface area contributed by atoms with Crippen molar-refractivity contribution in [2.45, 2.75) is 44.9 Å². The Hall–Kier alpha value is -1.79. The van der Waals surface area contributed by atoms with E-state index in [1.165, 1.54) is 0 Å². The summed E-state index contributed by atoms with van der Waals surface area (Å²) in [6, 6.07) is 5.46. The molecule has 0 fully saturated rings. The molecule has 3 rings (SSSR count). The minimum absolute atomic E-state index is 0.0694. The van der Waals surface area contributed by atoms with Crippen molar-refractivity contribution in [1.29, 1.82) is 5.26 Å². The first-order valence-corrected chi connectivity index (χ1v) is 8.17. The van der Waals surface area contributed by atoms with Gasteiger partial charge in [0.25, 0.3) is 0 Å². The van der Waals surface area contributed by atoms with Gasteiger partial charge in [0.15, 0.2) is 5.78 Å². The van der Waals surface area contributed by atoms with Crippen LogP contribution in [0.2, 0.25) is 5.02 Å². The van der Waals surface area contributed by atoms with Crippen LogP contribution >= 0.6 is 11.6 Å². The van der Waals surface area contributed by atoms with Crippen LogP contribution in [0.3, 0.4) is 0 Å². The predicted molar refractivity (Wildman–Crippen MR) is 85.6 cm³/mol. The highest BCUT2D eigenvalue weighted by Crippen LogP contribution is 2.56. The van der Waals surface area contributed by atoms with Crippen molar-refractivity contribution in [2.75, 3.05) is 0 Å². The van der Waals surface area contributed by atoms with Gasteiger partial charge >= 0.3 is 0 Å². The first-order valence-electron chi connectivity index (χ1n) is 7.79.